The molecule has 0 radical (unpaired) electrons. The average molecular weight is 339 g/mol. The number of thiophene rings is 1. The summed E-state index contributed by atoms with van der Waals surface area (Å²) in [5.41, 5.74) is 0.943. The van der Waals surface area contributed by atoms with Crippen molar-refractivity contribution in [3.63, 3.8) is 0 Å². The molecule has 0 saturated heterocycles. The monoisotopic (exact) mass is 339 g/mol. The molecule has 6 nitrogen and oxygen atoms in total. The molecule has 0 spiro atoms. The minimum Gasteiger partial charge on any atom is -0.477 e. The maximum atomic E-state index is 12.3. The number of benzene rings is 1. The zero-order valence-electron chi connectivity index (χ0n) is 12.6. The fourth-order valence-electron chi connectivity index (χ4n) is 2.72. The van der Waals surface area contributed by atoms with Crippen LogP contribution < -0.4 is 4.74 Å². The number of rotatable bonds is 5. The van der Waals surface area contributed by atoms with Crippen molar-refractivity contribution in [2.24, 2.45) is 0 Å². The Morgan fingerprint density at radius 2 is 1.79 bits per heavy atom. The summed E-state index contributed by atoms with van der Waals surface area (Å²) in [7, 11) is 0. The highest BCUT2D eigenvalue weighted by atomic mass is 32.1. The molecule has 24 heavy (non-hydrogen) atoms. The lowest BCUT2D eigenvalue weighted by Crippen LogP contribution is -2.31. The van der Waals surface area contributed by atoms with Gasteiger partial charge in [0.2, 0.25) is 5.88 Å². The van der Waals surface area contributed by atoms with Crippen molar-refractivity contribution in [3.8, 4) is 5.88 Å². The molecule has 0 bridgehead atoms. The van der Waals surface area contributed by atoms with Crippen LogP contribution in [0, 0.1) is 0 Å². The van der Waals surface area contributed by atoms with E-state index >= 15 is 0 Å². The van der Waals surface area contributed by atoms with Gasteiger partial charge in [-0.1, -0.05) is 12.1 Å². The molecule has 0 unspecified atom stereocenters. The van der Waals surface area contributed by atoms with Crippen molar-refractivity contribution < 1.29 is 14.3 Å². The second-order valence-electron chi connectivity index (χ2n) is 5.33. The second-order valence-corrected chi connectivity index (χ2v) is 6.22. The van der Waals surface area contributed by atoms with E-state index in [1.807, 2.05) is 11.4 Å². The number of amides is 2. The smallest absolute Gasteiger partial charge is 0.261 e. The molecule has 0 saturated carbocycles. The molecule has 4 rings (SSSR count). The first-order valence-corrected chi connectivity index (χ1v) is 8.40. The first-order valence-electron chi connectivity index (χ1n) is 7.52. The molecule has 2 aromatic heterocycles. The first-order chi connectivity index (χ1) is 11.8. The van der Waals surface area contributed by atoms with Crippen molar-refractivity contribution in [1.29, 1.82) is 0 Å². The van der Waals surface area contributed by atoms with E-state index in [1.54, 1.807) is 24.3 Å². The van der Waals surface area contributed by atoms with Crippen molar-refractivity contribution >= 4 is 33.4 Å². The van der Waals surface area contributed by atoms with Crippen LogP contribution >= 0.6 is 11.3 Å². The number of ether oxygens (including phenoxy) is 1. The summed E-state index contributed by atoms with van der Waals surface area (Å²) in [5.74, 6) is 0.0549. The number of carbonyl (C=O) groups excluding carboxylic acids is 2. The zero-order valence-corrected chi connectivity index (χ0v) is 13.5. The Morgan fingerprint density at radius 1 is 1.04 bits per heavy atom. The fraction of sp³-hybridized carbons (Fsp3) is 0.176. The van der Waals surface area contributed by atoms with E-state index < -0.39 is 0 Å². The van der Waals surface area contributed by atoms with Crippen LogP contribution in [0.25, 0.3) is 10.2 Å². The Kier molecular flexibility index (Phi) is 3.70. The van der Waals surface area contributed by atoms with Crippen LogP contribution in [0.2, 0.25) is 0 Å². The van der Waals surface area contributed by atoms with Gasteiger partial charge < -0.3 is 4.74 Å². The van der Waals surface area contributed by atoms with E-state index in [2.05, 4.69) is 9.97 Å². The van der Waals surface area contributed by atoms with Gasteiger partial charge in [-0.3, -0.25) is 14.5 Å². The lowest BCUT2D eigenvalue weighted by atomic mass is 10.1. The molecule has 0 fully saturated rings. The van der Waals surface area contributed by atoms with Gasteiger partial charge in [0.15, 0.2) is 0 Å². The Hall–Kier alpha value is -2.80. The minimum atomic E-state index is -0.238. The molecule has 1 aliphatic heterocycles. The van der Waals surface area contributed by atoms with Gasteiger partial charge in [-0.2, -0.15) is 0 Å². The number of carbonyl (C=O) groups is 2. The Morgan fingerprint density at radius 3 is 2.54 bits per heavy atom. The highest BCUT2D eigenvalue weighted by Crippen LogP contribution is 2.26. The topological polar surface area (TPSA) is 72.4 Å². The summed E-state index contributed by atoms with van der Waals surface area (Å²) in [5, 5.41) is 2.81. The molecule has 1 aliphatic rings. The van der Waals surface area contributed by atoms with Gasteiger partial charge in [-0.25, -0.2) is 9.97 Å². The van der Waals surface area contributed by atoms with Gasteiger partial charge in [0, 0.05) is 6.54 Å². The predicted molar refractivity (Wildman–Crippen MR) is 89.3 cm³/mol. The van der Waals surface area contributed by atoms with Gasteiger partial charge in [0.25, 0.3) is 11.8 Å². The summed E-state index contributed by atoms with van der Waals surface area (Å²) in [6.45, 7) is 0.694. The third-order valence-corrected chi connectivity index (χ3v) is 4.69. The van der Waals surface area contributed by atoms with Gasteiger partial charge in [-0.15, -0.1) is 11.3 Å². The summed E-state index contributed by atoms with van der Waals surface area (Å²) >= 11 is 1.53. The van der Waals surface area contributed by atoms with Crippen LogP contribution in [-0.4, -0.2) is 39.8 Å². The molecule has 7 heteroatoms. The van der Waals surface area contributed by atoms with Crippen molar-refractivity contribution in [2.45, 2.75) is 6.42 Å². The van der Waals surface area contributed by atoms with E-state index in [1.165, 1.54) is 22.6 Å². The van der Waals surface area contributed by atoms with Gasteiger partial charge in [0.1, 0.15) is 11.2 Å². The highest BCUT2D eigenvalue weighted by Gasteiger charge is 2.34. The fourth-order valence-corrected chi connectivity index (χ4v) is 3.44. The molecular formula is C17H13N3O3S. The summed E-state index contributed by atoms with van der Waals surface area (Å²) < 4.78 is 5.69. The molecule has 1 aromatic carbocycles. The quantitative estimate of drug-likeness (QED) is 0.528. The van der Waals surface area contributed by atoms with E-state index in [9.17, 15) is 9.59 Å². The Labute approximate surface area is 141 Å². The normalized spacial score (nSPS) is 13.6. The number of imide groups is 1. The van der Waals surface area contributed by atoms with Crippen LogP contribution in [0.3, 0.4) is 0 Å². The van der Waals surface area contributed by atoms with Crippen LogP contribution in [-0.2, 0) is 0 Å². The molecule has 3 aromatic rings. The summed E-state index contributed by atoms with van der Waals surface area (Å²) in [6.07, 6.45) is 2.01. The SMILES string of the molecule is O=C1c2ccccc2C(=O)N1CCCOc1ncnc2sccc12. The Balaban J connectivity index is 1.38. The largest absolute Gasteiger partial charge is 0.477 e. The minimum absolute atomic E-state index is 0.238. The van der Waals surface area contributed by atoms with Crippen LogP contribution in [0.5, 0.6) is 5.88 Å². The maximum absolute atomic E-state index is 12.3. The molecule has 0 N–H and O–H groups in total. The van der Waals surface area contributed by atoms with E-state index in [0.29, 0.717) is 36.6 Å². The standard InChI is InChI=1S/C17H13N3O3S/c21-16-11-4-1-2-5-12(11)17(22)20(16)7-3-8-23-14-13-6-9-24-15(13)19-10-18-14/h1-2,4-6,9-10H,3,7-8H2. The molecule has 2 amide bonds. The molecule has 3 heterocycles. The lowest BCUT2D eigenvalue weighted by molar-refractivity contribution is 0.0646. The van der Waals surface area contributed by atoms with Gasteiger partial charge in [-0.05, 0) is 30.0 Å². The van der Waals surface area contributed by atoms with Crippen LogP contribution in [0.1, 0.15) is 27.1 Å². The van der Waals surface area contributed by atoms with E-state index in [0.717, 1.165) is 10.2 Å². The van der Waals surface area contributed by atoms with Crippen molar-refractivity contribution in [2.75, 3.05) is 13.2 Å². The van der Waals surface area contributed by atoms with Crippen LogP contribution in [0.4, 0.5) is 0 Å². The predicted octanol–water partition coefficient (Wildman–Crippen LogP) is 2.76. The highest BCUT2D eigenvalue weighted by molar-refractivity contribution is 7.16. The number of fused-ring (bicyclic) bond motifs is 2. The summed E-state index contributed by atoms with van der Waals surface area (Å²) in [6, 6.07) is 8.80. The van der Waals surface area contributed by atoms with Crippen LogP contribution in [0.15, 0.2) is 42.0 Å². The summed E-state index contributed by atoms with van der Waals surface area (Å²) in [4.78, 5) is 35.0. The second kappa shape index (κ2) is 6.01. The van der Waals surface area contributed by atoms with Crippen molar-refractivity contribution in [1.82, 2.24) is 14.9 Å². The number of nitrogens with zero attached hydrogens (tertiary/aromatic N) is 3. The molecule has 120 valence electrons. The average Bonchev–Trinajstić information content (AvgIpc) is 3.18. The number of aromatic nitrogens is 2. The molecular weight excluding hydrogens is 326 g/mol. The Bertz CT molecular complexity index is 902. The van der Waals surface area contributed by atoms with Gasteiger partial charge in [0.05, 0.1) is 23.1 Å². The maximum Gasteiger partial charge on any atom is 0.261 e. The third kappa shape index (κ3) is 2.43. The first kappa shape index (κ1) is 14.8. The van der Waals surface area contributed by atoms with Gasteiger partial charge >= 0.3 is 0 Å². The number of hydrogen-bond donors (Lipinski definition) is 0. The molecule has 0 aliphatic carbocycles. The van der Waals surface area contributed by atoms with E-state index in [4.69, 9.17) is 4.74 Å². The third-order valence-electron chi connectivity index (χ3n) is 3.87. The molecule has 0 atom stereocenters. The van der Waals surface area contributed by atoms with E-state index in [-0.39, 0.29) is 11.8 Å². The number of hydrogen-bond acceptors (Lipinski definition) is 6. The lowest BCUT2D eigenvalue weighted by Gasteiger charge is -2.13. The zero-order chi connectivity index (χ0) is 16.5. The van der Waals surface area contributed by atoms with Crippen molar-refractivity contribution in [3.05, 3.63) is 53.2 Å².